The summed E-state index contributed by atoms with van der Waals surface area (Å²) in [5.41, 5.74) is -0.364. The van der Waals surface area contributed by atoms with Crippen LogP contribution in [0.15, 0.2) is 72.8 Å². The molecule has 0 radical (unpaired) electrons. The molecule has 0 atom stereocenters. The van der Waals surface area contributed by atoms with Gasteiger partial charge in [0.25, 0.3) is 0 Å². The van der Waals surface area contributed by atoms with Gasteiger partial charge in [0.2, 0.25) is 0 Å². The van der Waals surface area contributed by atoms with E-state index in [0.717, 1.165) is 0 Å². The number of carbonyl (C=O) groups excluding carboxylic acids is 2. The van der Waals surface area contributed by atoms with Gasteiger partial charge in [-0.3, -0.25) is 0 Å². The molecular weight excluding hydrogens is 400 g/mol. The van der Waals surface area contributed by atoms with Crippen LogP contribution in [0, 0.1) is 0 Å². The average molecular weight is 414 g/mol. The van der Waals surface area contributed by atoms with Gasteiger partial charge in [0.1, 0.15) is 0 Å². The van der Waals surface area contributed by atoms with Crippen molar-refractivity contribution in [2.45, 2.75) is 0 Å². The summed E-state index contributed by atoms with van der Waals surface area (Å²) in [4.78, 5) is 48.9. The van der Waals surface area contributed by atoms with Crippen LogP contribution < -0.4 is 0 Å². The van der Waals surface area contributed by atoms with Gasteiger partial charge in [0.15, 0.2) is 0 Å². The zero-order valence-corrected chi connectivity index (χ0v) is 15.9. The van der Waals surface area contributed by atoms with E-state index < -0.39 is 23.9 Å². The number of benzene rings is 4. The molecular formula is C24H14O7. The Balaban J connectivity index is 1.79. The number of carbonyl (C=O) groups is 4. The molecule has 0 heterocycles. The van der Waals surface area contributed by atoms with Crippen molar-refractivity contribution in [3.63, 3.8) is 0 Å². The van der Waals surface area contributed by atoms with Crippen LogP contribution in [0.2, 0.25) is 0 Å². The molecule has 0 saturated heterocycles. The lowest BCUT2D eigenvalue weighted by Crippen LogP contribution is -2.15. The minimum atomic E-state index is -1.22. The molecule has 0 spiro atoms. The summed E-state index contributed by atoms with van der Waals surface area (Å²) in [6, 6.07) is 18.2. The van der Waals surface area contributed by atoms with E-state index in [9.17, 15) is 29.4 Å². The van der Waals surface area contributed by atoms with E-state index in [4.69, 9.17) is 4.74 Å². The maximum atomic E-state index is 12.8. The Bertz CT molecular complexity index is 1280. The van der Waals surface area contributed by atoms with E-state index in [1.165, 1.54) is 24.3 Å². The van der Waals surface area contributed by atoms with Gasteiger partial charge in [-0.05, 0) is 35.0 Å². The first kappa shape index (κ1) is 19.8. The normalized spacial score (nSPS) is 10.7. The standard InChI is InChI=1S/C24H14O7/c25-21(26)15-9-1-5-13-7-3-11-17(19(13)15)23(29)31-24(30)18-12-4-8-14-6-2-10-16(20(14)18)22(27)28/h1-12H,(H,25,26)(H,27,28). The molecule has 0 bridgehead atoms. The van der Waals surface area contributed by atoms with Gasteiger partial charge in [-0.15, -0.1) is 0 Å². The Labute approximate surface area is 175 Å². The fourth-order valence-corrected chi connectivity index (χ4v) is 3.57. The Morgan fingerprint density at radius 3 is 1.16 bits per heavy atom. The highest BCUT2D eigenvalue weighted by atomic mass is 16.6. The van der Waals surface area contributed by atoms with Crippen molar-refractivity contribution in [1.29, 1.82) is 0 Å². The highest BCUT2D eigenvalue weighted by Gasteiger charge is 2.23. The highest BCUT2D eigenvalue weighted by molar-refractivity contribution is 6.18. The van der Waals surface area contributed by atoms with Gasteiger partial charge in [-0.2, -0.15) is 0 Å². The van der Waals surface area contributed by atoms with Gasteiger partial charge < -0.3 is 14.9 Å². The van der Waals surface area contributed by atoms with Crippen LogP contribution in [-0.2, 0) is 4.74 Å². The molecule has 4 aromatic rings. The van der Waals surface area contributed by atoms with Crippen LogP contribution in [-0.4, -0.2) is 34.1 Å². The summed E-state index contributed by atoms with van der Waals surface area (Å²) in [6.45, 7) is 0. The number of carboxylic acid groups (broad SMARTS) is 2. The quantitative estimate of drug-likeness (QED) is 0.376. The molecule has 7 heteroatoms. The summed E-state index contributed by atoms with van der Waals surface area (Å²) in [5, 5.41) is 20.3. The lowest BCUT2D eigenvalue weighted by atomic mass is 9.98. The summed E-state index contributed by atoms with van der Waals surface area (Å²) in [6.07, 6.45) is 0. The third-order valence-electron chi connectivity index (χ3n) is 4.90. The van der Waals surface area contributed by atoms with Crippen molar-refractivity contribution in [2.75, 3.05) is 0 Å². The maximum absolute atomic E-state index is 12.8. The number of rotatable bonds is 4. The predicted molar refractivity (Wildman–Crippen MR) is 112 cm³/mol. The SMILES string of the molecule is O=C(O)c1cccc2cccc(C(=O)OC(=O)c3cccc4cccc(C(=O)O)c34)c12. The van der Waals surface area contributed by atoms with E-state index in [2.05, 4.69) is 0 Å². The summed E-state index contributed by atoms with van der Waals surface area (Å²) < 4.78 is 5.04. The fraction of sp³-hybridized carbons (Fsp3) is 0. The maximum Gasteiger partial charge on any atom is 0.346 e. The smallest absolute Gasteiger partial charge is 0.346 e. The molecule has 0 aliphatic rings. The molecule has 7 nitrogen and oxygen atoms in total. The van der Waals surface area contributed by atoms with Crippen LogP contribution in [0.1, 0.15) is 41.4 Å². The molecule has 0 amide bonds. The summed E-state index contributed by atoms with van der Waals surface area (Å²) in [7, 11) is 0. The topological polar surface area (TPSA) is 118 Å². The number of esters is 2. The van der Waals surface area contributed by atoms with Gasteiger partial charge in [0, 0.05) is 10.8 Å². The first-order chi connectivity index (χ1) is 14.9. The van der Waals surface area contributed by atoms with E-state index in [1.54, 1.807) is 48.5 Å². The second-order valence-corrected chi connectivity index (χ2v) is 6.71. The third kappa shape index (κ3) is 3.49. The molecule has 0 unspecified atom stereocenters. The molecule has 0 fully saturated rings. The number of aromatic carboxylic acids is 2. The van der Waals surface area contributed by atoms with E-state index >= 15 is 0 Å². The number of hydrogen-bond acceptors (Lipinski definition) is 5. The van der Waals surface area contributed by atoms with Crippen molar-refractivity contribution in [3.05, 3.63) is 95.1 Å². The van der Waals surface area contributed by atoms with E-state index in [-0.39, 0.29) is 33.0 Å². The Morgan fingerprint density at radius 2 is 0.839 bits per heavy atom. The lowest BCUT2D eigenvalue weighted by Gasteiger charge is -2.11. The van der Waals surface area contributed by atoms with Crippen LogP contribution in [0.4, 0.5) is 0 Å². The number of hydrogen-bond donors (Lipinski definition) is 2. The van der Waals surface area contributed by atoms with E-state index in [1.807, 2.05) is 0 Å². The third-order valence-corrected chi connectivity index (χ3v) is 4.90. The zero-order valence-electron chi connectivity index (χ0n) is 15.9. The van der Waals surface area contributed by atoms with Gasteiger partial charge in [-0.25, -0.2) is 19.2 Å². The minimum absolute atomic E-state index is 0.0810. The molecule has 0 saturated carbocycles. The minimum Gasteiger partial charge on any atom is -0.478 e. The van der Waals surface area contributed by atoms with Crippen LogP contribution >= 0.6 is 0 Å². The first-order valence-corrected chi connectivity index (χ1v) is 9.15. The Hall–Kier alpha value is -4.52. The summed E-state index contributed by atoms with van der Waals surface area (Å²) in [5.74, 6) is -4.52. The lowest BCUT2D eigenvalue weighted by molar-refractivity contribution is 0.0400. The molecule has 4 rings (SSSR count). The van der Waals surface area contributed by atoms with Crippen LogP contribution in [0.3, 0.4) is 0 Å². The monoisotopic (exact) mass is 414 g/mol. The van der Waals surface area contributed by atoms with Crippen molar-refractivity contribution < 1.29 is 34.1 Å². The first-order valence-electron chi connectivity index (χ1n) is 9.15. The van der Waals surface area contributed by atoms with Crippen molar-refractivity contribution in [3.8, 4) is 0 Å². The second-order valence-electron chi connectivity index (χ2n) is 6.71. The molecule has 152 valence electrons. The second kappa shape index (κ2) is 7.72. The van der Waals surface area contributed by atoms with Gasteiger partial charge >= 0.3 is 23.9 Å². The van der Waals surface area contributed by atoms with Crippen molar-refractivity contribution in [1.82, 2.24) is 0 Å². The Kier molecular flexibility index (Phi) is 4.92. The number of carboxylic acids is 2. The largest absolute Gasteiger partial charge is 0.478 e. The molecule has 0 aromatic heterocycles. The van der Waals surface area contributed by atoms with Crippen LogP contribution in [0.5, 0.6) is 0 Å². The molecule has 31 heavy (non-hydrogen) atoms. The van der Waals surface area contributed by atoms with Crippen molar-refractivity contribution in [2.24, 2.45) is 0 Å². The molecule has 0 aliphatic heterocycles. The average Bonchev–Trinajstić information content (AvgIpc) is 2.77. The molecule has 2 N–H and O–H groups in total. The molecule has 0 aliphatic carbocycles. The van der Waals surface area contributed by atoms with E-state index in [0.29, 0.717) is 10.8 Å². The van der Waals surface area contributed by atoms with Gasteiger partial charge in [0.05, 0.1) is 22.3 Å². The number of fused-ring (bicyclic) bond motifs is 2. The summed E-state index contributed by atoms with van der Waals surface area (Å²) >= 11 is 0. The molecule has 4 aromatic carbocycles. The number of ether oxygens (including phenoxy) is 1. The Morgan fingerprint density at radius 1 is 0.516 bits per heavy atom. The zero-order chi connectivity index (χ0) is 22.1. The van der Waals surface area contributed by atoms with Crippen molar-refractivity contribution >= 4 is 45.4 Å². The van der Waals surface area contributed by atoms with Gasteiger partial charge in [-0.1, -0.05) is 48.5 Å². The predicted octanol–water partition coefficient (Wildman–Crippen LogP) is 4.39. The fourth-order valence-electron chi connectivity index (χ4n) is 3.57. The highest BCUT2D eigenvalue weighted by Crippen LogP contribution is 2.27. The van der Waals surface area contributed by atoms with Crippen LogP contribution in [0.25, 0.3) is 21.5 Å².